The number of ketones is 1. The van der Waals surface area contributed by atoms with Crippen LogP contribution in [-0.4, -0.2) is 42.9 Å². The molecule has 0 spiro atoms. The van der Waals surface area contributed by atoms with Crippen LogP contribution < -0.4 is 16.4 Å². The average molecular weight is 391 g/mol. The van der Waals surface area contributed by atoms with Gasteiger partial charge >= 0.3 is 6.09 Å². The Bertz CT molecular complexity index is 649. The Morgan fingerprint density at radius 1 is 1.07 bits per heavy atom. The number of hydrogen-bond donors (Lipinski definition) is 3. The second-order valence-corrected chi connectivity index (χ2v) is 6.42. The van der Waals surface area contributed by atoms with Gasteiger partial charge in [0.2, 0.25) is 11.7 Å². The molecule has 0 fully saturated rings. The molecule has 4 N–H and O–H groups in total. The zero-order valence-electron chi connectivity index (χ0n) is 16.2. The van der Waals surface area contributed by atoms with E-state index in [0.717, 1.165) is 24.8 Å². The molecular formula is C20H29N3O5. The molecule has 0 heterocycles. The number of Topliss-reactive ketones (excluding diaryl/α,β-unsaturated/α-hetero) is 1. The van der Waals surface area contributed by atoms with Crippen LogP contribution in [0.5, 0.6) is 0 Å². The maximum atomic E-state index is 12.3. The SMILES string of the molecule is CCCCCCOC(=O)N[C@H](CC(N)=O)C(=O)C(=O)NCCc1ccccc1. The Balaban J connectivity index is 2.47. The molecule has 0 aliphatic rings. The summed E-state index contributed by atoms with van der Waals surface area (Å²) in [6, 6.07) is 8.10. The first-order valence-electron chi connectivity index (χ1n) is 9.51. The lowest BCUT2D eigenvalue weighted by molar-refractivity contribution is -0.139. The predicted molar refractivity (Wildman–Crippen MR) is 104 cm³/mol. The molecule has 0 radical (unpaired) electrons. The van der Waals surface area contributed by atoms with E-state index < -0.39 is 36.2 Å². The fourth-order valence-corrected chi connectivity index (χ4v) is 2.50. The molecule has 8 heteroatoms. The van der Waals surface area contributed by atoms with Gasteiger partial charge in [-0.25, -0.2) is 4.79 Å². The van der Waals surface area contributed by atoms with Crippen LogP contribution >= 0.6 is 0 Å². The van der Waals surface area contributed by atoms with Gasteiger partial charge in [-0.2, -0.15) is 0 Å². The van der Waals surface area contributed by atoms with Crippen molar-refractivity contribution in [2.75, 3.05) is 13.2 Å². The predicted octanol–water partition coefficient (Wildman–Crippen LogP) is 1.46. The van der Waals surface area contributed by atoms with Gasteiger partial charge in [-0.1, -0.05) is 56.5 Å². The molecule has 3 amide bonds. The molecule has 1 aromatic carbocycles. The Hall–Kier alpha value is -2.90. The van der Waals surface area contributed by atoms with Gasteiger partial charge in [-0.05, 0) is 18.4 Å². The van der Waals surface area contributed by atoms with Crippen molar-refractivity contribution < 1.29 is 23.9 Å². The molecule has 0 saturated heterocycles. The van der Waals surface area contributed by atoms with Gasteiger partial charge in [0.15, 0.2) is 0 Å². The van der Waals surface area contributed by atoms with E-state index in [9.17, 15) is 19.2 Å². The summed E-state index contributed by atoms with van der Waals surface area (Å²) < 4.78 is 4.98. The summed E-state index contributed by atoms with van der Waals surface area (Å²) in [4.78, 5) is 47.4. The van der Waals surface area contributed by atoms with Gasteiger partial charge in [-0.15, -0.1) is 0 Å². The topological polar surface area (TPSA) is 128 Å². The van der Waals surface area contributed by atoms with E-state index in [2.05, 4.69) is 17.6 Å². The van der Waals surface area contributed by atoms with Gasteiger partial charge in [0.25, 0.3) is 5.91 Å². The van der Waals surface area contributed by atoms with E-state index in [1.807, 2.05) is 30.3 Å². The van der Waals surface area contributed by atoms with Crippen LogP contribution in [0.15, 0.2) is 30.3 Å². The minimum absolute atomic E-state index is 0.201. The number of primary amides is 1. The molecule has 0 bridgehead atoms. The summed E-state index contributed by atoms with van der Waals surface area (Å²) in [5, 5.41) is 4.75. The fourth-order valence-electron chi connectivity index (χ4n) is 2.50. The lowest BCUT2D eigenvalue weighted by Gasteiger charge is -2.16. The van der Waals surface area contributed by atoms with Crippen LogP contribution in [0, 0.1) is 0 Å². The van der Waals surface area contributed by atoms with Crippen molar-refractivity contribution in [3.63, 3.8) is 0 Å². The highest BCUT2D eigenvalue weighted by Crippen LogP contribution is 2.01. The van der Waals surface area contributed by atoms with Crippen LogP contribution in [0.4, 0.5) is 4.79 Å². The minimum Gasteiger partial charge on any atom is -0.450 e. The first kappa shape index (κ1) is 23.1. The highest BCUT2D eigenvalue weighted by Gasteiger charge is 2.28. The summed E-state index contributed by atoms with van der Waals surface area (Å²) in [5.74, 6) is -2.63. The lowest BCUT2D eigenvalue weighted by Crippen LogP contribution is -2.49. The molecule has 154 valence electrons. The molecule has 0 unspecified atom stereocenters. The number of unbranched alkanes of at least 4 members (excludes halogenated alkanes) is 3. The summed E-state index contributed by atoms with van der Waals surface area (Å²) in [6.07, 6.45) is 2.95. The van der Waals surface area contributed by atoms with Gasteiger partial charge in [0.05, 0.1) is 13.0 Å². The zero-order valence-corrected chi connectivity index (χ0v) is 16.2. The second-order valence-electron chi connectivity index (χ2n) is 6.42. The summed E-state index contributed by atoms with van der Waals surface area (Å²) in [7, 11) is 0. The Morgan fingerprint density at radius 3 is 2.43 bits per heavy atom. The minimum atomic E-state index is -1.35. The molecule has 0 aliphatic carbocycles. The smallest absolute Gasteiger partial charge is 0.407 e. The molecule has 8 nitrogen and oxygen atoms in total. The highest BCUT2D eigenvalue weighted by atomic mass is 16.5. The van der Waals surface area contributed by atoms with Gasteiger partial charge < -0.3 is 21.1 Å². The first-order valence-corrected chi connectivity index (χ1v) is 9.51. The Labute approximate surface area is 165 Å². The normalized spacial score (nSPS) is 11.3. The number of hydrogen-bond acceptors (Lipinski definition) is 5. The largest absolute Gasteiger partial charge is 0.450 e. The van der Waals surface area contributed by atoms with E-state index in [1.165, 1.54) is 0 Å². The van der Waals surface area contributed by atoms with E-state index in [0.29, 0.717) is 12.8 Å². The van der Waals surface area contributed by atoms with E-state index in [1.54, 1.807) is 0 Å². The first-order chi connectivity index (χ1) is 13.4. The van der Waals surface area contributed by atoms with Crippen LogP contribution in [0.3, 0.4) is 0 Å². The zero-order chi connectivity index (χ0) is 20.8. The number of ether oxygens (including phenoxy) is 1. The summed E-state index contributed by atoms with van der Waals surface area (Å²) in [5.41, 5.74) is 6.13. The number of carbonyl (C=O) groups excluding carboxylic acids is 4. The molecular weight excluding hydrogens is 362 g/mol. The number of amides is 3. The van der Waals surface area contributed by atoms with Crippen molar-refractivity contribution in [3.05, 3.63) is 35.9 Å². The van der Waals surface area contributed by atoms with Crippen LogP contribution in [-0.2, 0) is 25.5 Å². The van der Waals surface area contributed by atoms with Crippen LogP contribution in [0.1, 0.15) is 44.6 Å². The van der Waals surface area contributed by atoms with Crippen molar-refractivity contribution >= 4 is 23.7 Å². The standard InChI is InChI=1S/C20H29N3O5/c1-2-3-4-8-13-28-20(27)23-16(14-17(21)24)18(25)19(26)22-12-11-15-9-6-5-7-10-15/h5-7,9-10,16H,2-4,8,11-14H2,1H3,(H2,21,24)(H,22,26)(H,23,27)/t16-/m1/s1. The maximum absolute atomic E-state index is 12.3. The van der Waals surface area contributed by atoms with E-state index in [-0.39, 0.29) is 13.2 Å². The van der Waals surface area contributed by atoms with Crippen molar-refractivity contribution in [3.8, 4) is 0 Å². The molecule has 0 aromatic heterocycles. The van der Waals surface area contributed by atoms with Gasteiger partial charge in [-0.3, -0.25) is 14.4 Å². The molecule has 0 saturated carbocycles. The molecule has 1 rings (SSSR count). The molecule has 0 aliphatic heterocycles. The van der Waals surface area contributed by atoms with E-state index >= 15 is 0 Å². The van der Waals surface area contributed by atoms with Crippen molar-refractivity contribution in [2.24, 2.45) is 5.73 Å². The number of nitrogens with one attached hydrogen (secondary N) is 2. The van der Waals surface area contributed by atoms with E-state index in [4.69, 9.17) is 10.5 Å². The molecule has 1 aromatic rings. The van der Waals surface area contributed by atoms with Crippen molar-refractivity contribution in [2.45, 2.75) is 51.5 Å². The van der Waals surface area contributed by atoms with Crippen LogP contribution in [0.2, 0.25) is 0 Å². The number of rotatable bonds is 13. The summed E-state index contributed by atoms with van der Waals surface area (Å²) in [6.45, 7) is 2.52. The third kappa shape index (κ3) is 9.70. The Morgan fingerprint density at radius 2 is 1.79 bits per heavy atom. The molecule has 1 atom stereocenters. The van der Waals surface area contributed by atoms with Crippen molar-refractivity contribution in [1.29, 1.82) is 0 Å². The highest BCUT2D eigenvalue weighted by molar-refractivity contribution is 6.38. The number of nitrogens with two attached hydrogens (primary N) is 1. The monoisotopic (exact) mass is 391 g/mol. The second kappa shape index (κ2) is 13.3. The third-order valence-electron chi connectivity index (χ3n) is 4.01. The average Bonchev–Trinajstić information content (AvgIpc) is 2.67. The lowest BCUT2D eigenvalue weighted by atomic mass is 10.1. The summed E-state index contributed by atoms with van der Waals surface area (Å²) >= 11 is 0. The van der Waals surface area contributed by atoms with Gasteiger partial charge in [0.1, 0.15) is 6.04 Å². The quantitative estimate of drug-likeness (QED) is 0.346. The third-order valence-corrected chi connectivity index (χ3v) is 4.01. The number of carbonyl (C=O) groups is 4. The number of alkyl carbamates (subject to hydrolysis) is 1. The van der Waals surface area contributed by atoms with Gasteiger partial charge in [0, 0.05) is 6.54 Å². The number of benzene rings is 1. The van der Waals surface area contributed by atoms with Crippen molar-refractivity contribution in [1.82, 2.24) is 10.6 Å². The Kier molecular flexibility index (Phi) is 11.0. The molecule has 28 heavy (non-hydrogen) atoms. The maximum Gasteiger partial charge on any atom is 0.407 e. The van der Waals surface area contributed by atoms with Crippen LogP contribution in [0.25, 0.3) is 0 Å². The fraction of sp³-hybridized carbons (Fsp3) is 0.500.